The van der Waals surface area contributed by atoms with E-state index in [0.717, 1.165) is 14.6 Å². The number of carbonyl (C=O) groups is 1. The molecule has 0 bridgehead atoms. The summed E-state index contributed by atoms with van der Waals surface area (Å²) in [7, 11) is 1.36. The normalized spacial score (nSPS) is 10.4. The molecule has 4 nitrogen and oxygen atoms in total. The molecule has 2 aromatic rings. The van der Waals surface area contributed by atoms with Crippen LogP contribution in [0.4, 0.5) is 0 Å². The number of hydrogen-bond donors (Lipinski definition) is 1. The minimum absolute atomic E-state index is 0.351. The molecule has 0 radical (unpaired) electrons. The molecule has 0 aliphatic heterocycles. The van der Waals surface area contributed by atoms with Crippen LogP contribution in [0.2, 0.25) is 0 Å². The van der Waals surface area contributed by atoms with Gasteiger partial charge in [0.15, 0.2) is 0 Å². The average molecular weight is 302 g/mol. The summed E-state index contributed by atoms with van der Waals surface area (Å²) in [5.74, 6) is -0.351. The number of H-pyrrole nitrogens is 1. The van der Waals surface area contributed by atoms with Crippen molar-refractivity contribution in [1.29, 1.82) is 0 Å². The number of pyridine rings is 1. The number of hydrogen-bond acceptors (Lipinski definition) is 3. The molecule has 0 saturated heterocycles. The number of aromatic nitrogens is 2. The van der Waals surface area contributed by atoms with Crippen LogP contribution in [0.3, 0.4) is 0 Å². The molecule has 2 aromatic heterocycles. The van der Waals surface area contributed by atoms with E-state index in [9.17, 15) is 4.79 Å². The molecule has 0 saturated carbocycles. The fourth-order valence-electron chi connectivity index (χ4n) is 1.27. The number of carbonyl (C=O) groups excluding carboxylic acids is 1. The molecule has 14 heavy (non-hydrogen) atoms. The van der Waals surface area contributed by atoms with E-state index < -0.39 is 0 Å². The Bertz CT molecular complexity index is 493. The van der Waals surface area contributed by atoms with Gasteiger partial charge < -0.3 is 9.72 Å². The van der Waals surface area contributed by atoms with Crippen molar-refractivity contribution in [3.63, 3.8) is 0 Å². The van der Waals surface area contributed by atoms with E-state index in [0.29, 0.717) is 5.56 Å². The summed E-state index contributed by atoms with van der Waals surface area (Å²) >= 11 is 2.16. The Morgan fingerprint density at radius 1 is 1.64 bits per heavy atom. The molecule has 5 heteroatoms. The number of methoxy groups -OCH3 is 1. The average Bonchev–Trinajstić information content (AvgIpc) is 2.59. The van der Waals surface area contributed by atoms with Gasteiger partial charge in [0, 0.05) is 12.4 Å². The maximum absolute atomic E-state index is 11.4. The topological polar surface area (TPSA) is 55.0 Å². The number of nitrogens with one attached hydrogen (secondary N) is 1. The van der Waals surface area contributed by atoms with E-state index >= 15 is 0 Å². The van der Waals surface area contributed by atoms with Crippen LogP contribution in [-0.4, -0.2) is 23.0 Å². The van der Waals surface area contributed by atoms with E-state index in [1.165, 1.54) is 7.11 Å². The van der Waals surface area contributed by atoms with Crippen molar-refractivity contribution in [2.45, 2.75) is 0 Å². The van der Waals surface area contributed by atoms with Gasteiger partial charge in [-0.3, -0.25) is 4.98 Å². The Balaban J connectivity index is 2.71. The summed E-state index contributed by atoms with van der Waals surface area (Å²) in [5, 5.41) is 0. The second kappa shape index (κ2) is 3.56. The van der Waals surface area contributed by atoms with E-state index in [2.05, 4.69) is 37.3 Å². The molecule has 0 aromatic carbocycles. The fraction of sp³-hybridized carbons (Fsp3) is 0.111. The van der Waals surface area contributed by atoms with Crippen LogP contribution >= 0.6 is 22.6 Å². The lowest BCUT2D eigenvalue weighted by Crippen LogP contribution is -2.02. The fourth-order valence-corrected chi connectivity index (χ4v) is 1.84. The zero-order valence-electron chi connectivity index (χ0n) is 7.37. The maximum Gasteiger partial charge on any atom is 0.340 e. The van der Waals surface area contributed by atoms with Gasteiger partial charge in [0.2, 0.25) is 0 Å². The Kier molecular flexibility index (Phi) is 2.40. The number of aromatic amines is 1. The molecule has 1 N–H and O–H groups in total. The van der Waals surface area contributed by atoms with Gasteiger partial charge in [0.1, 0.15) is 5.52 Å². The molecule has 2 rings (SSSR count). The van der Waals surface area contributed by atoms with Gasteiger partial charge in [-0.05, 0) is 28.7 Å². The van der Waals surface area contributed by atoms with Gasteiger partial charge in [-0.25, -0.2) is 4.79 Å². The predicted molar refractivity (Wildman–Crippen MR) is 60.2 cm³/mol. The number of rotatable bonds is 1. The molecule has 0 spiro atoms. The molecular formula is C9H7IN2O2. The highest BCUT2D eigenvalue weighted by atomic mass is 127. The predicted octanol–water partition coefficient (Wildman–Crippen LogP) is 1.95. The van der Waals surface area contributed by atoms with Crippen LogP contribution in [0.1, 0.15) is 10.4 Å². The van der Waals surface area contributed by atoms with Gasteiger partial charge in [-0.2, -0.15) is 0 Å². The zero-order valence-corrected chi connectivity index (χ0v) is 9.53. The minimum Gasteiger partial charge on any atom is -0.465 e. The SMILES string of the molecule is COC(=O)c1ccnc2c(I)c[nH]c12. The maximum atomic E-state index is 11.4. The van der Waals surface area contributed by atoms with E-state index in [1.807, 2.05) is 6.20 Å². The van der Waals surface area contributed by atoms with E-state index in [4.69, 9.17) is 0 Å². The lowest BCUT2D eigenvalue weighted by Gasteiger charge is -1.99. The molecular weight excluding hydrogens is 295 g/mol. The molecule has 0 atom stereocenters. The first-order chi connectivity index (χ1) is 6.74. The van der Waals surface area contributed by atoms with Crippen molar-refractivity contribution in [3.05, 3.63) is 27.6 Å². The van der Waals surface area contributed by atoms with Gasteiger partial charge in [-0.1, -0.05) is 0 Å². The third-order valence-electron chi connectivity index (χ3n) is 1.93. The first-order valence-electron chi connectivity index (χ1n) is 3.94. The standard InChI is InChI=1S/C9H7IN2O2/c1-14-9(13)5-2-3-11-8-6(10)4-12-7(5)8/h2-4,12H,1H3. The summed E-state index contributed by atoms with van der Waals surface area (Å²) in [6.07, 6.45) is 3.41. The third-order valence-corrected chi connectivity index (χ3v) is 2.75. The molecule has 0 aliphatic rings. The van der Waals surface area contributed by atoms with Crippen molar-refractivity contribution in [1.82, 2.24) is 9.97 Å². The van der Waals surface area contributed by atoms with Gasteiger partial charge >= 0.3 is 5.97 Å². The van der Waals surface area contributed by atoms with Gasteiger partial charge in [-0.15, -0.1) is 0 Å². The summed E-state index contributed by atoms with van der Waals surface area (Å²) < 4.78 is 5.65. The number of halogens is 1. The van der Waals surface area contributed by atoms with Crippen molar-refractivity contribution < 1.29 is 9.53 Å². The Morgan fingerprint density at radius 2 is 2.43 bits per heavy atom. The summed E-state index contributed by atoms with van der Waals surface area (Å²) in [4.78, 5) is 18.5. The third kappa shape index (κ3) is 1.37. The quantitative estimate of drug-likeness (QED) is 0.647. The highest BCUT2D eigenvalue weighted by molar-refractivity contribution is 14.1. The molecule has 0 fully saturated rings. The highest BCUT2D eigenvalue weighted by Gasteiger charge is 2.13. The second-order valence-corrected chi connectivity index (χ2v) is 3.87. The van der Waals surface area contributed by atoms with Crippen molar-refractivity contribution in [3.8, 4) is 0 Å². The van der Waals surface area contributed by atoms with Gasteiger partial charge in [0.05, 0.1) is 21.8 Å². The van der Waals surface area contributed by atoms with E-state index in [1.54, 1.807) is 12.3 Å². The summed E-state index contributed by atoms with van der Waals surface area (Å²) in [6, 6.07) is 1.64. The van der Waals surface area contributed by atoms with Crippen LogP contribution in [0.5, 0.6) is 0 Å². The lowest BCUT2D eigenvalue weighted by molar-refractivity contribution is 0.0602. The Labute approximate surface area is 93.8 Å². The number of ether oxygens (including phenoxy) is 1. The molecule has 2 heterocycles. The smallest absolute Gasteiger partial charge is 0.340 e. The molecule has 72 valence electrons. The van der Waals surface area contributed by atoms with Gasteiger partial charge in [0.25, 0.3) is 0 Å². The van der Waals surface area contributed by atoms with E-state index in [-0.39, 0.29) is 5.97 Å². The van der Waals surface area contributed by atoms with Crippen LogP contribution in [0.15, 0.2) is 18.5 Å². The number of fused-ring (bicyclic) bond motifs is 1. The number of nitrogens with zero attached hydrogens (tertiary/aromatic N) is 1. The Hall–Kier alpha value is -1.11. The lowest BCUT2D eigenvalue weighted by atomic mass is 10.2. The highest BCUT2D eigenvalue weighted by Crippen LogP contribution is 2.20. The van der Waals surface area contributed by atoms with Crippen LogP contribution < -0.4 is 0 Å². The summed E-state index contributed by atoms with van der Waals surface area (Å²) in [6.45, 7) is 0. The van der Waals surface area contributed by atoms with Crippen LogP contribution in [0.25, 0.3) is 11.0 Å². The van der Waals surface area contributed by atoms with Crippen LogP contribution in [-0.2, 0) is 4.74 Å². The van der Waals surface area contributed by atoms with Crippen molar-refractivity contribution in [2.24, 2.45) is 0 Å². The van der Waals surface area contributed by atoms with Crippen molar-refractivity contribution in [2.75, 3.05) is 7.11 Å². The monoisotopic (exact) mass is 302 g/mol. The first kappa shape index (κ1) is 9.45. The Morgan fingerprint density at radius 3 is 3.14 bits per heavy atom. The second-order valence-electron chi connectivity index (χ2n) is 2.71. The first-order valence-corrected chi connectivity index (χ1v) is 5.02. The molecule has 0 unspecified atom stereocenters. The molecule has 0 aliphatic carbocycles. The number of esters is 1. The van der Waals surface area contributed by atoms with Crippen molar-refractivity contribution >= 4 is 39.6 Å². The van der Waals surface area contributed by atoms with Crippen LogP contribution in [0, 0.1) is 3.57 Å². The zero-order chi connectivity index (χ0) is 10.1. The molecule has 0 amide bonds. The minimum atomic E-state index is -0.351. The summed E-state index contributed by atoms with van der Waals surface area (Å²) in [5.41, 5.74) is 2.04. The largest absolute Gasteiger partial charge is 0.465 e.